The van der Waals surface area contributed by atoms with E-state index in [-0.39, 0.29) is 5.82 Å². The van der Waals surface area contributed by atoms with Crippen LogP contribution >= 0.6 is 0 Å². The molecule has 0 saturated carbocycles. The van der Waals surface area contributed by atoms with E-state index < -0.39 is 17.3 Å². The highest BCUT2D eigenvalue weighted by Crippen LogP contribution is 2.39. The van der Waals surface area contributed by atoms with Gasteiger partial charge in [0, 0.05) is 0 Å². The Morgan fingerprint density at radius 2 is 2.25 bits per heavy atom. The molecule has 0 aliphatic carbocycles. The zero-order valence-corrected chi connectivity index (χ0v) is 8.94. The van der Waals surface area contributed by atoms with Gasteiger partial charge in [0.05, 0.1) is 24.5 Å². The predicted molar refractivity (Wildman–Crippen MR) is 55.7 cm³/mol. The van der Waals surface area contributed by atoms with Crippen LogP contribution in [0.3, 0.4) is 0 Å². The Labute approximate surface area is 92.9 Å². The molecular weight excluding hydrogens is 211 g/mol. The van der Waals surface area contributed by atoms with E-state index in [9.17, 15) is 9.18 Å². The summed E-state index contributed by atoms with van der Waals surface area (Å²) in [5, 5.41) is 9.06. The summed E-state index contributed by atoms with van der Waals surface area (Å²) in [6, 6.07) is 6.09. The first-order valence-corrected chi connectivity index (χ1v) is 5.13. The highest BCUT2D eigenvalue weighted by Gasteiger charge is 2.48. The lowest BCUT2D eigenvalue weighted by atomic mass is 9.69. The molecule has 0 spiro atoms. The number of benzene rings is 1. The molecule has 1 fully saturated rings. The van der Waals surface area contributed by atoms with E-state index in [4.69, 9.17) is 9.84 Å². The number of aliphatic carboxylic acids is 1. The van der Waals surface area contributed by atoms with Gasteiger partial charge in [-0.25, -0.2) is 4.39 Å². The van der Waals surface area contributed by atoms with Gasteiger partial charge in [0.15, 0.2) is 0 Å². The Morgan fingerprint density at radius 3 is 2.69 bits per heavy atom. The molecule has 1 aliphatic heterocycles. The van der Waals surface area contributed by atoms with Gasteiger partial charge in [0.25, 0.3) is 0 Å². The third-order valence-corrected chi connectivity index (χ3v) is 3.32. The van der Waals surface area contributed by atoms with Crippen LogP contribution in [0.15, 0.2) is 24.3 Å². The number of ether oxygens (including phenoxy) is 1. The van der Waals surface area contributed by atoms with Gasteiger partial charge < -0.3 is 9.84 Å². The van der Waals surface area contributed by atoms with E-state index in [2.05, 4.69) is 0 Å². The number of halogens is 1. The average Bonchev–Trinajstić information content (AvgIpc) is 2.15. The Morgan fingerprint density at radius 1 is 1.56 bits per heavy atom. The maximum atomic E-state index is 13.1. The van der Waals surface area contributed by atoms with Crippen molar-refractivity contribution in [3.63, 3.8) is 0 Å². The normalized spacial score (nSPS) is 19.9. The monoisotopic (exact) mass is 224 g/mol. The van der Waals surface area contributed by atoms with Gasteiger partial charge >= 0.3 is 5.97 Å². The fourth-order valence-electron chi connectivity index (χ4n) is 2.02. The molecule has 2 rings (SSSR count). The maximum Gasteiger partial charge on any atom is 0.307 e. The Balaban J connectivity index is 2.38. The third kappa shape index (κ3) is 1.59. The van der Waals surface area contributed by atoms with Gasteiger partial charge in [-0.15, -0.1) is 0 Å². The van der Waals surface area contributed by atoms with E-state index in [1.807, 2.05) is 0 Å². The van der Waals surface area contributed by atoms with Crippen LogP contribution in [0.25, 0.3) is 0 Å². The summed E-state index contributed by atoms with van der Waals surface area (Å²) in [6.07, 6.45) is 0. The summed E-state index contributed by atoms with van der Waals surface area (Å²) in [6.45, 7) is 2.31. The van der Waals surface area contributed by atoms with Gasteiger partial charge in [-0.2, -0.15) is 0 Å². The van der Waals surface area contributed by atoms with Gasteiger partial charge in [0.1, 0.15) is 5.82 Å². The van der Waals surface area contributed by atoms with Crippen molar-refractivity contribution in [2.24, 2.45) is 5.92 Å². The number of carbonyl (C=O) groups is 1. The fraction of sp³-hybridized carbons (Fsp3) is 0.417. The first kappa shape index (κ1) is 11.1. The lowest BCUT2D eigenvalue weighted by Gasteiger charge is -2.44. The molecule has 0 radical (unpaired) electrons. The smallest absolute Gasteiger partial charge is 0.307 e. The molecular formula is C12H13FO3. The summed E-state index contributed by atoms with van der Waals surface area (Å²) >= 11 is 0. The van der Waals surface area contributed by atoms with Crippen molar-refractivity contribution in [3.05, 3.63) is 35.6 Å². The molecule has 1 aromatic rings. The maximum absolute atomic E-state index is 13.1. The molecule has 16 heavy (non-hydrogen) atoms. The molecule has 0 aromatic heterocycles. The van der Waals surface area contributed by atoms with Crippen molar-refractivity contribution in [1.82, 2.24) is 0 Å². The molecule has 1 aromatic carbocycles. The molecule has 1 heterocycles. The van der Waals surface area contributed by atoms with Gasteiger partial charge in [0.2, 0.25) is 0 Å². The fourth-order valence-corrected chi connectivity index (χ4v) is 2.02. The second-order valence-corrected chi connectivity index (χ2v) is 4.22. The van der Waals surface area contributed by atoms with Crippen molar-refractivity contribution in [2.75, 3.05) is 13.2 Å². The highest BCUT2D eigenvalue weighted by molar-refractivity contribution is 5.72. The molecule has 1 N–H and O–H groups in total. The Kier molecular flexibility index (Phi) is 2.68. The van der Waals surface area contributed by atoms with Crippen molar-refractivity contribution in [2.45, 2.75) is 12.3 Å². The van der Waals surface area contributed by atoms with Gasteiger partial charge in [-0.3, -0.25) is 4.79 Å². The van der Waals surface area contributed by atoms with Crippen molar-refractivity contribution >= 4 is 5.97 Å². The Bertz CT molecular complexity index is 412. The predicted octanol–water partition coefficient (Wildman–Crippen LogP) is 1.81. The first-order chi connectivity index (χ1) is 7.56. The van der Waals surface area contributed by atoms with Crippen LogP contribution in [-0.2, 0) is 14.9 Å². The second kappa shape index (κ2) is 3.87. The summed E-state index contributed by atoms with van der Waals surface area (Å²) < 4.78 is 18.3. The van der Waals surface area contributed by atoms with Gasteiger partial charge in [-0.1, -0.05) is 19.1 Å². The minimum Gasteiger partial charge on any atom is -0.481 e. The molecule has 1 aliphatic rings. The molecule has 1 atom stereocenters. The van der Waals surface area contributed by atoms with E-state index >= 15 is 0 Å². The van der Waals surface area contributed by atoms with Crippen LogP contribution in [0.5, 0.6) is 0 Å². The van der Waals surface area contributed by atoms with Crippen LogP contribution in [0.1, 0.15) is 12.5 Å². The number of carboxylic acids is 1. The summed E-state index contributed by atoms with van der Waals surface area (Å²) in [5.41, 5.74) is 0.127. The first-order valence-electron chi connectivity index (χ1n) is 5.13. The van der Waals surface area contributed by atoms with Crippen molar-refractivity contribution in [1.29, 1.82) is 0 Å². The van der Waals surface area contributed by atoms with E-state index in [0.717, 1.165) is 0 Å². The summed E-state index contributed by atoms with van der Waals surface area (Å²) in [5.74, 6) is -1.81. The van der Waals surface area contributed by atoms with Crippen LogP contribution in [0.4, 0.5) is 4.39 Å². The topological polar surface area (TPSA) is 46.5 Å². The zero-order valence-electron chi connectivity index (χ0n) is 8.94. The lowest BCUT2D eigenvalue weighted by Crippen LogP contribution is -2.53. The standard InChI is InChI=1S/C12H13FO3/c1-8(11(14)15)12(6-16-7-12)9-3-2-4-10(13)5-9/h2-5,8H,6-7H2,1H3,(H,14,15). The number of rotatable bonds is 3. The lowest BCUT2D eigenvalue weighted by molar-refractivity contribution is -0.155. The minimum absolute atomic E-state index is 0.337. The molecule has 1 unspecified atom stereocenters. The largest absolute Gasteiger partial charge is 0.481 e. The van der Waals surface area contributed by atoms with Crippen LogP contribution in [0, 0.1) is 11.7 Å². The van der Waals surface area contributed by atoms with Crippen LogP contribution in [0.2, 0.25) is 0 Å². The SMILES string of the molecule is CC(C(=O)O)C1(c2cccc(F)c2)COC1. The second-order valence-electron chi connectivity index (χ2n) is 4.22. The minimum atomic E-state index is -0.882. The molecule has 0 bridgehead atoms. The highest BCUT2D eigenvalue weighted by atomic mass is 19.1. The van der Waals surface area contributed by atoms with Crippen LogP contribution in [-0.4, -0.2) is 24.3 Å². The Hall–Kier alpha value is -1.42. The van der Waals surface area contributed by atoms with E-state index in [0.29, 0.717) is 18.8 Å². The third-order valence-electron chi connectivity index (χ3n) is 3.32. The number of hydrogen-bond acceptors (Lipinski definition) is 2. The average molecular weight is 224 g/mol. The number of hydrogen-bond donors (Lipinski definition) is 1. The van der Waals surface area contributed by atoms with Crippen LogP contribution < -0.4 is 0 Å². The molecule has 0 amide bonds. The molecule has 3 nitrogen and oxygen atoms in total. The quantitative estimate of drug-likeness (QED) is 0.851. The summed E-state index contributed by atoms with van der Waals surface area (Å²) in [4.78, 5) is 11.0. The zero-order chi connectivity index (χ0) is 11.8. The molecule has 86 valence electrons. The molecule has 4 heteroatoms. The van der Waals surface area contributed by atoms with Gasteiger partial charge in [-0.05, 0) is 17.7 Å². The van der Waals surface area contributed by atoms with E-state index in [1.165, 1.54) is 12.1 Å². The van der Waals surface area contributed by atoms with Crippen molar-refractivity contribution in [3.8, 4) is 0 Å². The molecule has 1 saturated heterocycles. The van der Waals surface area contributed by atoms with Crippen molar-refractivity contribution < 1.29 is 19.0 Å². The number of carboxylic acid groups (broad SMARTS) is 1. The van der Waals surface area contributed by atoms with E-state index in [1.54, 1.807) is 19.1 Å². The summed E-state index contributed by atoms with van der Waals surface area (Å²) in [7, 11) is 0.